The van der Waals surface area contributed by atoms with Crippen molar-refractivity contribution in [2.75, 3.05) is 33.5 Å². The van der Waals surface area contributed by atoms with Gasteiger partial charge in [0.05, 0.1) is 31.5 Å². The lowest BCUT2D eigenvalue weighted by atomic mass is 9.75. The first-order chi connectivity index (χ1) is 9.26. The second-order valence-electron chi connectivity index (χ2n) is 5.98. The molecule has 1 aliphatic carbocycles. The maximum Gasteiger partial charge on any atom is 0.0803 e. The smallest absolute Gasteiger partial charge is 0.0803 e. The molecule has 1 saturated heterocycles. The van der Waals surface area contributed by atoms with Crippen LogP contribution in [-0.2, 0) is 14.2 Å². The van der Waals surface area contributed by atoms with Gasteiger partial charge in [0.15, 0.2) is 0 Å². The molecular formula is C15H28O4. The first-order valence-electron chi connectivity index (χ1n) is 7.64. The van der Waals surface area contributed by atoms with Crippen LogP contribution in [0.1, 0.15) is 44.9 Å². The molecular weight excluding hydrogens is 244 g/mol. The SMILES string of the molecule is COCCOCC(O)C1CCOC2(CCCCC2)C1. The summed E-state index contributed by atoms with van der Waals surface area (Å²) in [5, 5.41) is 10.3. The van der Waals surface area contributed by atoms with E-state index >= 15 is 0 Å². The van der Waals surface area contributed by atoms with Gasteiger partial charge in [-0.25, -0.2) is 0 Å². The molecule has 4 nitrogen and oxygen atoms in total. The van der Waals surface area contributed by atoms with E-state index in [1.165, 1.54) is 32.1 Å². The summed E-state index contributed by atoms with van der Waals surface area (Å²) in [4.78, 5) is 0. The van der Waals surface area contributed by atoms with E-state index in [2.05, 4.69) is 0 Å². The number of methoxy groups -OCH3 is 1. The lowest BCUT2D eigenvalue weighted by Crippen LogP contribution is -2.45. The number of aliphatic hydroxyl groups excluding tert-OH is 1. The molecule has 1 aliphatic heterocycles. The molecule has 0 aromatic carbocycles. The first kappa shape index (κ1) is 15.2. The summed E-state index contributed by atoms with van der Waals surface area (Å²) in [6.07, 6.45) is 7.80. The van der Waals surface area contributed by atoms with E-state index in [1.807, 2.05) is 0 Å². The Morgan fingerprint density at radius 1 is 1.26 bits per heavy atom. The van der Waals surface area contributed by atoms with Gasteiger partial charge in [-0.2, -0.15) is 0 Å². The quantitative estimate of drug-likeness (QED) is 0.753. The van der Waals surface area contributed by atoms with Crippen LogP contribution in [0.15, 0.2) is 0 Å². The highest BCUT2D eigenvalue weighted by molar-refractivity contribution is 4.91. The molecule has 0 radical (unpaired) electrons. The van der Waals surface area contributed by atoms with Gasteiger partial charge in [0.1, 0.15) is 0 Å². The van der Waals surface area contributed by atoms with Crippen LogP contribution < -0.4 is 0 Å². The Labute approximate surface area is 116 Å². The fourth-order valence-electron chi connectivity index (χ4n) is 3.42. The van der Waals surface area contributed by atoms with Gasteiger partial charge in [0.25, 0.3) is 0 Å². The van der Waals surface area contributed by atoms with E-state index < -0.39 is 0 Å². The van der Waals surface area contributed by atoms with E-state index in [1.54, 1.807) is 7.11 Å². The van der Waals surface area contributed by atoms with Crippen LogP contribution in [0.5, 0.6) is 0 Å². The standard InChI is InChI=1S/C15H28O4/c1-17-9-10-18-12-14(16)13-5-8-19-15(11-13)6-3-2-4-7-15/h13-14,16H,2-12H2,1H3. The fraction of sp³-hybridized carbons (Fsp3) is 1.00. The molecule has 0 aromatic rings. The Morgan fingerprint density at radius 3 is 2.79 bits per heavy atom. The third-order valence-electron chi connectivity index (χ3n) is 4.56. The molecule has 0 aromatic heterocycles. The number of rotatable bonds is 6. The third kappa shape index (κ3) is 4.42. The van der Waals surface area contributed by atoms with Gasteiger partial charge in [-0.3, -0.25) is 0 Å². The maximum absolute atomic E-state index is 10.3. The second-order valence-corrected chi connectivity index (χ2v) is 5.98. The summed E-state index contributed by atoms with van der Waals surface area (Å²) >= 11 is 0. The van der Waals surface area contributed by atoms with Gasteiger partial charge < -0.3 is 19.3 Å². The molecule has 0 bridgehead atoms. The number of ether oxygens (including phenoxy) is 3. The van der Waals surface area contributed by atoms with E-state index in [0.29, 0.717) is 25.7 Å². The summed E-state index contributed by atoms with van der Waals surface area (Å²) in [6, 6.07) is 0. The monoisotopic (exact) mass is 272 g/mol. The van der Waals surface area contributed by atoms with Gasteiger partial charge in [-0.05, 0) is 31.6 Å². The van der Waals surface area contributed by atoms with Gasteiger partial charge >= 0.3 is 0 Å². The number of aliphatic hydroxyl groups is 1. The van der Waals surface area contributed by atoms with E-state index in [4.69, 9.17) is 14.2 Å². The Hall–Kier alpha value is -0.160. The maximum atomic E-state index is 10.3. The Balaban J connectivity index is 1.76. The summed E-state index contributed by atoms with van der Waals surface area (Å²) in [7, 11) is 1.66. The van der Waals surface area contributed by atoms with Crippen molar-refractivity contribution in [1.82, 2.24) is 0 Å². The normalized spacial score (nSPS) is 28.4. The molecule has 19 heavy (non-hydrogen) atoms. The van der Waals surface area contributed by atoms with Gasteiger partial charge in [-0.15, -0.1) is 0 Å². The average molecular weight is 272 g/mol. The molecule has 112 valence electrons. The van der Waals surface area contributed by atoms with Crippen molar-refractivity contribution in [3.63, 3.8) is 0 Å². The van der Waals surface area contributed by atoms with Crippen molar-refractivity contribution in [1.29, 1.82) is 0 Å². The molecule has 2 atom stereocenters. The van der Waals surface area contributed by atoms with Crippen molar-refractivity contribution in [2.45, 2.75) is 56.7 Å². The molecule has 4 heteroatoms. The highest BCUT2D eigenvalue weighted by atomic mass is 16.5. The van der Waals surface area contributed by atoms with Crippen LogP contribution in [0, 0.1) is 5.92 Å². The van der Waals surface area contributed by atoms with Gasteiger partial charge in [-0.1, -0.05) is 19.3 Å². The van der Waals surface area contributed by atoms with Crippen molar-refractivity contribution >= 4 is 0 Å². The Morgan fingerprint density at radius 2 is 2.05 bits per heavy atom. The third-order valence-corrected chi connectivity index (χ3v) is 4.56. The minimum absolute atomic E-state index is 0.0642. The van der Waals surface area contributed by atoms with Crippen molar-refractivity contribution in [3.8, 4) is 0 Å². The zero-order valence-corrected chi connectivity index (χ0v) is 12.1. The topological polar surface area (TPSA) is 47.9 Å². The van der Waals surface area contributed by atoms with Crippen LogP contribution in [-0.4, -0.2) is 50.3 Å². The molecule has 2 fully saturated rings. The lowest BCUT2D eigenvalue weighted by Gasteiger charge is -2.44. The summed E-state index contributed by atoms with van der Waals surface area (Å²) in [5.74, 6) is 0.328. The van der Waals surface area contributed by atoms with Crippen LogP contribution in [0.2, 0.25) is 0 Å². The second kappa shape index (κ2) is 7.58. The van der Waals surface area contributed by atoms with Crippen molar-refractivity contribution < 1.29 is 19.3 Å². The van der Waals surface area contributed by atoms with Gasteiger partial charge in [0.2, 0.25) is 0 Å². The lowest BCUT2D eigenvalue weighted by molar-refractivity contribution is -0.140. The molecule has 2 aliphatic rings. The van der Waals surface area contributed by atoms with E-state index in [-0.39, 0.29) is 11.7 Å². The molecule has 2 rings (SSSR count). The zero-order valence-electron chi connectivity index (χ0n) is 12.1. The Kier molecular flexibility index (Phi) is 6.07. The van der Waals surface area contributed by atoms with E-state index in [9.17, 15) is 5.11 Å². The molecule has 1 heterocycles. The summed E-state index contributed by atoms with van der Waals surface area (Å²) < 4.78 is 16.4. The zero-order chi connectivity index (χ0) is 13.6. The van der Waals surface area contributed by atoms with Crippen molar-refractivity contribution in [2.24, 2.45) is 5.92 Å². The minimum Gasteiger partial charge on any atom is -0.390 e. The molecule has 1 saturated carbocycles. The highest BCUT2D eigenvalue weighted by Gasteiger charge is 2.40. The fourth-order valence-corrected chi connectivity index (χ4v) is 3.42. The first-order valence-corrected chi connectivity index (χ1v) is 7.64. The predicted octanol–water partition coefficient (Wildman–Crippen LogP) is 2.14. The van der Waals surface area contributed by atoms with Crippen LogP contribution >= 0.6 is 0 Å². The van der Waals surface area contributed by atoms with Crippen molar-refractivity contribution in [3.05, 3.63) is 0 Å². The predicted molar refractivity (Wildman–Crippen MR) is 73.2 cm³/mol. The highest BCUT2D eigenvalue weighted by Crippen LogP contribution is 2.41. The van der Waals surface area contributed by atoms with Crippen LogP contribution in [0.25, 0.3) is 0 Å². The van der Waals surface area contributed by atoms with E-state index in [0.717, 1.165) is 19.4 Å². The number of hydrogen-bond donors (Lipinski definition) is 1. The van der Waals surface area contributed by atoms with Crippen LogP contribution in [0.4, 0.5) is 0 Å². The molecule has 1 N–H and O–H groups in total. The molecule has 2 unspecified atom stereocenters. The Bertz CT molecular complexity index is 245. The molecule has 0 amide bonds. The summed E-state index contributed by atoms with van der Waals surface area (Å²) in [6.45, 7) is 2.36. The minimum atomic E-state index is -0.362. The van der Waals surface area contributed by atoms with Crippen LogP contribution in [0.3, 0.4) is 0 Å². The average Bonchev–Trinajstić information content (AvgIpc) is 2.44. The molecule has 1 spiro atoms. The van der Waals surface area contributed by atoms with Gasteiger partial charge in [0, 0.05) is 13.7 Å². The number of hydrogen-bond acceptors (Lipinski definition) is 4. The largest absolute Gasteiger partial charge is 0.390 e. The summed E-state index contributed by atoms with van der Waals surface area (Å²) in [5.41, 5.74) is 0.0642.